The monoisotopic (exact) mass is 463 g/mol. The Labute approximate surface area is 200 Å². The third-order valence-corrected chi connectivity index (χ3v) is 6.08. The second-order valence-corrected chi connectivity index (χ2v) is 10.3. The number of rotatable bonds is 6. The summed E-state index contributed by atoms with van der Waals surface area (Å²) in [5.74, 6) is -0.252. The number of fused-ring (bicyclic) bond motifs is 1. The fourth-order valence-corrected chi connectivity index (χ4v) is 4.73. The summed E-state index contributed by atoms with van der Waals surface area (Å²) >= 11 is 0. The van der Waals surface area contributed by atoms with E-state index < -0.39 is 17.7 Å². The smallest absolute Gasteiger partial charge is 0.435 e. The summed E-state index contributed by atoms with van der Waals surface area (Å²) < 4.78 is 6.78. The zero-order chi connectivity index (χ0) is 24.3. The van der Waals surface area contributed by atoms with Gasteiger partial charge in [0, 0.05) is 18.5 Å². The molecule has 2 aromatic carbocycles. The molecule has 1 N–H and O–H groups in total. The van der Waals surface area contributed by atoms with Crippen molar-refractivity contribution in [2.45, 2.75) is 58.6 Å². The molecule has 180 valence electrons. The lowest BCUT2D eigenvalue weighted by Crippen LogP contribution is -2.35. The van der Waals surface area contributed by atoms with E-state index in [1.54, 1.807) is 6.20 Å². The fourth-order valence-electron chi connectivity index (χ4n) is 4.73. The molecule has 0 saturated carbocycles. The van der Waals surface area contributed by atoms with Gasteiger partial charge in [-0.15, -0.1) is 0 Å². The molecule has 1 aromatic heterocycles. The molecule has 0 aliphatic carbocycles. The lowest BCUT2D eigenvalue weighted by molar-refractivity contribution is -0.136. The highest BCUT2D eigenvalue weighted by Crippen LogP contribution is 2.25. The molecule has 1 aliphatic heterocycles. The van der Waals surface area contributed by atoms with Crippen molar-refractivity contribution in [2.75, 3.05) is 13.1 Å². The molecule has 1 saturated heterocycles. The van der Waals surface area contributed by atoms with Crippen LogP contribution in [0.25, 0.3) is 10.9 Å². The van der Waals surface area contributed by atoms with Crippen LogP contribution in [0.1, 0.15) is 50.3 Å². The Morgan fingerprint density at radius 2 is 1.91 bits per heavy atom. The zero-order valence-electron chi connectivity index (χ0n) is 20.2. The summed E-state index contributed by atoms with van der Waals surface area (Å²) in [6.45, 7) is 8.43. The Bertz CT molecular complexity index is 1180. The van der Waals surface area contributed by atoms with E-state index in [1.807, 2.05) is 45.0 Å². The minimum absolute atomic E-state index is 0.0590. The van der Waals surface area contributed by atoms with Gasteiger partial charge in [-0.1, -0.05) is 30.3 Å². The number of carboxylic acid groups (broad SMARTS) is 1. The molecule has 1 unspecified atom stereocenters. The Balaban J connectivity index is 1.39. The van der Waals surface area contributed by atoms with Crippen LogP contribution in [0.5, 0.6) is 0 Å². The number of ether oxygens (including phenoxy) is 1. The molecular formula is C27H33N3O4. The van der Waals surface area contributed by atoms with Gasteiger partial charge >= 0.3 is 12.1 Å². The number of benzene rings is 2. The van der Waals surface area contributed by atoms with Crippen LogP contribution in [0.3, 0.4) is 0 Å². The summed E-state index contributed by atoms with van der Waals surface area (Å²) in [5, 5.41) is 14.2. The Kier molecular flexibility index (Phi) is 7.03. The summed E-state index contributed by atoms with van der Waals surface area (Å²) in [6.07, 6.45) is 4.63. The maximum atomic E-state index is 12.4. The molecule has 0 amide bonds. The first-order valence-electron chi connectivity index (χ1n) is 11.9. The van der Waals surface area contributed by atoms with Crippen LogP contribution in [0.15, 0.2) is 48.7 Å². The Morgan fingerprint density at radius 3 is 2.68 bits per heavy atom. The van der Waals surface area contributed by atoms with E-state index >= 15 is 0 Å². The van der Waals surface area contributed by atoms with Crippen molar-refractivity contribution >= 4 is 23.0 Å². The number of nitrogens with zero attached hydrogens (tertiary/aromatic N) is 3. The van der Waals surface area contributed by atoms with Crippen molar-refractivity contribution in [3.05, 3.63) is 65.4 Å². The quantitative estimate of drug-likeness (QED) is 0.560. The van der Waals surface area contributed by atoms with Crippen LogP contribution in [0, 0.1) is 5.92 Å². The molecule has 7 nitrogen and oxygen atoms in total. The fraction of sp³-hybridized carbons (Fsp3) is 0.444. The summed E-state index contributed by atoms with van der Waals surface area (Å²) in [4.78, 5) is 25.9. The zero-order valence-corrected chi connectivity index (χ0v) is 20.2. The van der Waals surface area contributed by atoms with Crippen LogP contribution >= 0.6 is 0 Å². The number of likely N-dealkylation sites (tertiary alicyclic amines) is 1. The van der Waals surface area contributed by atoms with Gasteiger partial charge in [-0.05, 0) is 81.3 Å². The minimum Gasteiger partial charge on any atom is -0.481 e. The molecule has 34 heavy (non-hydrogen) atoms. The van der Waals surface area contributed by atoms with Gasteiger partial charge in [0.05, 0.1) is 18.1 Å². The normalized spacial score (nSPS) is 17.1. The number of hydrogen-bond donors (Lipinski definition) is 1. The minimum atomic E-state index is -0.802. The lowest BCUT2D eigenvalue weighted by Gasteiger charge is -2.33. The van der Waals surface area contributed by atoms with E-state index in [9.17, 15) is 9.59 Å². The predicted molar refractivity (Wildman–Crippen MR) is 131 cm³/mol. The average Bonchev–Trinajstić information content (AvgIpc) is 3.16. The van der Waals surface area contributed by atoms with Crippen molar-refractivity contribution in [1.29, 1.82) is 0 Å². The highest BCUT2D eigenvalue weighted by molar-refractivity contribution is 5.88. The number of carbonyl (C=O) groups is 2. The Hall–Kier alpha value is -3.19. The topological polar surface area (TPSA) is 84.7 Å². The van der Waals surface area contributed by atoms with Crippen molar-refractivity contribution in [1.82, 2.24) is 14.7 Å². The van der Waals surface area contributed by atoms with E-state index in [1.165, 1.54) is 16.7 Å². The number of aromatic nitrogens is 2. The first-order valence-corrected chi connectivity index (χ1v) is 11.9. The van der Waals surface area contributed by atoms with Crippen molar-refractivity contribution in [3.63, 3.8) is 0 Å². The standard InChI is InChI=1S/C27H33N3O4/c1-27(2,3)34-26(33)30-24-10-9-20(14-23(24)16-28-30)13-22-8-5-11-29(18-22)17-21-7-4-6-19(12-21)15-25(31)32/h4,6-7,9-10,12,14,16,22H,5,8,11,13,15,17-18H2,1-3H3,(H,31,32). The van der Waals surface area contributed by atoms with Crippen LogP contribution in [-0.2, 0) is 28.9 Å². The van der Waals surface area contributed by atoms with Gasteiger partial charge in [0.2, 0.25) is 0 Å². The molecule has 1 aliphatic rings. The predicted octanol–water partition coefficient (Wildman–Crippen LogP) is 4.90. The van der Waals surface area contributed by atoms with Gasteiger partial charge in [-0.2, -0.15) is 9.78 Å². The maximum Gasteiger partial charge on any atom is 0.435 e. The summed E-state index contributed by atoms with van der Waals surface area (Å²) in [7, 11) is 0. The van der Waals surface area contributed by atoms with Crippen molar-refractivity contribution in [2.24, 2.45) is 5.92 Å². The average molecular weight is 464 g/mol. The first-order chi connectivity index (χ1) is 16.2. The number of carboxylic acids is 1. The Morgan fingerprint density at radius 1 is 1.12 bits per heavy atom. The van der Waals surface area contributed by atoms with Gasteiger partial charge in [0.25, 0.3) is 0 Å². The summed E-state index contributed by atoms with van der Waals surface area (Å²) in [6, 6.07) is 14.1. The molecule has 1 fully saturated rings. The second kappa shape index (κ2) is 9.97. The van der Waals surface area contributed by atoms with Gasteiger partial charge in [0.1, 0.15) is 5.60 Å². The van der Waals surface area contributed by atoms with Gasteiger partial charge in [-0.3, -0.25) is 9.69 Å². The summed E-state index contributed by atoms with van der Waals surface area (Å²) in [5.41, 5.74) is 3.44. The van der Waals surface area contributed by atoms with Gasteiger partial charge in [0.15, 0.2) is 0 Å². The number of aliphatic carboxylic acids is 1. The van der Waals surface area contributed by atoms with Crippen molar-refractivity contribution < 1.29 is 19.4 Å². The molecule has 2 heterocycles. The second-order valence-electron chi connectivity index (χ2n) is 10.3. The molecule has 7 heteroatoms. The van der Waals surface area contributed by atoms with Gasteiger partial charge < -0.3 is 9.84 Å². The van der Waals surface area contributed by atoms with Crippen molar-refractivity contribution in [3.8, 4) is 0 Å². The van der Waals surface area contributed by atoms with E-state index in [0.717, 1.165) is 54.5 Å². The van der Waals surface area contributed by atoms with Crippen LogP contribution in [0.4, 0.5) is 4.79 Å². The van der Waals surface area contributed by atoms with Crippen LogP contribution in [-0.4, -0.2) is 50.5 Å². The first kappa shape index (κ1) is 24.0. The maximum absolute atomic E-state index is 12.4. The number of carbonyl (C=O) groups excluding carboxylic acids is 1. The third-order valence-electron chi connectivity index (χ3n) is 6.08. The molecule has 0 spiro atoms. The third kappa shape index (κ3) is 6.23. The van der Waals surface area contributed by atoms with E-state index in [2.05, 4.69) is 28.2 Å². The molecule has 3 aromatic rings. The number of hydrogen-bond acceptors (Lipinski definition) is 5. The van der Waals surface area contributed by atoms with Crippen LogP contribution < -0.4 is 0 Å². The lowest BCUT2D eigenvalue weighted by atomic mass is 9.90. The van der Waals surface area contributed by atoms with E-state index in [-0.39, 0.29) is 6.42 Å². The van der Waals surface area contributed by atoms with E-state index in [4.69, 9.17) is 9.84 Å². The molecule has 4 rings (SSSR count). The van der Waals surface area contributed by atoms with Crippen LogP contribution in [0.2, 0.25) is 0 Å². The molecule has 0 bridgehead atoms. The molecule has 0 radical (unpaired) electrons. The highest BCUT2D eigenvalue weighted by atomic mass is 16.6. The van der Waals surface area contributed by atoms with Gasteiger partial charge in [-0.25, -0.2) is 4.79 Å². The molecule has 1 atom stereocenters. The number of piperidine rings is 1. The van der Waals surface area contributed by atoms with E-state index in [0.29, 0.717) is 5.92 Å². The molecular weight excluding hydrogens is 430 g/mol. The SMILES string of the molecule is CC(C)(C)OC(=O)n1ncc2cc(CC3CCCN(Cc4cccc(CC(=O)O)c4)C3)ccc21. The highest BCUT2D eigenvalue weighted by Gasteiger charge is 2.22. The largest absolute Gasteiger partial charge is 0.481 e.